The highest BCUT2D eigenvalue weighted by molar-refractivity contribution is 6.30. The first-order chi connectivity index (χ1) is 18.3. The van der Waals surface area contributed by atoms with Crippen LogP contribution >= 0.6 is 11.6 Å². The highest BCUT2D eigenvalue weighted by Crippen LogP contribution is 2.46. The number of carbonyl (C=O) groups is 2. The van der Waals surface area contributed by atoms with Gasteiger partial charge in [0.1, 0.15) is 11.5 Å². The molecule has 2 saturated heterocycles. The molecule has 0 aliphatic carbocycles. The van der Waals surface area contributed by atoms with E-state index in [1.807, 2.05) is 54.3 Å². The van der Waals surface area contributed by atoms with Gasteiger partial charge in [0.25, 0.3) is 5.91 Å². The van der Waals surface area contributed by atoms with Crippen molar-refractivity contribution in [3.05, 3.63) is 82.9 Å². The van der Waals surface area contributed by atoms with E-state index in [0.29, 0.717) is 41.5 Å². The fourth-order valence-electron chi connectivity index (χ4n) is 5.67. The van der Waals surface area contributed by atoms with Gasteiger partial charge in [0.05, 0.1) is 18.8 Å². The van der Waals surface area contributed by atoms with Crippen LogP contribution in [0, 0.1) is 0 Å². The molecule has 3 aliphatic heterocycles. The van der Waals surface area contributed by atoms with Gasteiger partial charge in [-0.05, 0) is 55.5 Å². The summed E-state index contributed by atoms with van der Waals surface area (Å²) in [6, 6.07) is 20.2. The van der Waals surface area contributed by atoms with Crippen LogP contribution in [0.2, 0.25) is 5.02 Å². The first-order valence-corrected chi connectivity index (χ1v) is 13.1. The third-order valence-electron chi connectivity index (χ3n) is 7.57. The summed E-state index contributed by atoms with van der Waals surface area (Å²) in [5.74, 6) is 1.45. The van der Waals surface area contributed by atoms with E-state index in [1.54, 1.807) is 30.2 Å². The molecule has 38 heavy (non-hydrogen) atoms. The molecule has 9 heteroatoms. The molecule has 1 N–H and O–H groups in total. The Morgan fingerprint density at radius 1 is 1.03 bits per heavy atom. The van der Waals surface area contributed by atoms with Crippen molar-refractivity contribution < 1.29 is 19.1 Å². The third kappa shape index (κ3) is 4.28. The summed E-state index contributed by atoms with van der Waals surface area (Å²) in [6.45, 7) is 4.56. The van der Waals surface area contributed by atoms with Crippen LogP contribution in [-0.2, 0) is 0 Å². The molecular formula is C29H29ClN4O4. The van der Waals surface area contributed by atoms with Gasteiger partial charge in [0.15, 0.2) is 5.72 Å². The second-order valence-electron chi connectivity index (χ2n) is 10.0. The molecule has 3 heterocycles. The number of nitrogens with zero attached hydrogens (tertiary/aromatic N) is 3. The average molecular weight is 533 g/mol. The summed E-state index contributed by atoms with van der Waals surface area (Å²) in [5, 5.41) is 3.68. The monoisotopic (exact) mass is 532 g/mol. The van der Waals surface area contributed by atoms with Gasteiger partial charge < -0.3 is 24.6 Å². The number of nitrogens with one attached hydrogen (secondary N) is 1. The van der Waals surface area contributed by atoms with Crippen LogP contribution < -0.4 is 24.6 Å². The predicted octanol–water partition coefficient (Wildman–Crippen LogP) is 5.08. The Morgan fingerprint density at radius 2 is 1.79 bits per heavy atom. The van der Waals surface area contributed by atoms with Gasteiger partial charge in [-0.15, -0.1) is 0 Å². The van der Waals surface area contributed by atoms with E-state index < -0.39 is 5.72 Å². The standard InChI is InChI=1S/C29H29ClN4O4/c1-29-18-25(24-16-20(30)9-10-26(24)38-29)31-28(36)34(29)22-7-3-5-19(15-22)27(35)33-13-11-32(12-14-33)21-6-4-8-23(17-21)37-2/h3-10,15-17,25H,11-14,18H2,1-2H3,(H,31,36). The van der Waals surface area contributed by atoms with Crippen LogP contribution in [0.5, 0.6) is 11.5 Å². The number of piperazine rings is 1. The zero-order valence-electron chi connectivity index (χ0n) is 21.3. The van der Waals surface area contributed by atoms with Crippen LogP contribution in [0.25, 0.3) is 0 Å². The molecule has 3 aliphatic rings. The van der Waals surface area contributed by atoms with Crippen molar-refractivity contribution in [2.75, 3.05) is 43.1 Å². The number of ether oxygens (including phenoxy) is 2. The van der Waals surface area contributed by atoms with E-state index >= 15 is 0 Å². The zero-order chi connectivity index (χ0) is 26.4. The van der Waals surface area contributed by atoms with Crippen molar-refractivity contribution in [1.82, 2.24) is 10.2 Å². The highest BCUT2D eigenvalue weighted by atomic mass is 35.5. The summed E-state index contributed by atoms with van der Waals surface area (Å²) in [7, 11) is 1.66. The van der Waals surface area contributed by atoms with Gasteiger partial charge >= 0.3 is 6.03 Å². The van der Waals surface area contributed by atoms with Gasteiger partial charge in [-0.2, -0.15) is 0 Å². The van der Waals surface area contributed by atoms with Crippen LogP contribution in [0.15, 0.2) is 66.7 Å². The van der Waals surface area contributed by atoms with Gasteiger partial charge in [0, 0.05) is 60.5 Å². The molecule has 0 aromatic heterocycles. The third-order valence-corrected chi connectivity index (χ3v) is 7.81. The average Bonchev–Trinajstić information content (AvgIpc) is 2.93. The summed E-state index contributed by atoms with van der Waals surface area (Å²) in [6.07, 6.45) is 0.552. The number of rotatable bonds is 4. The zero-order valence-corrected chi connectivity index (χ0v) is 22.1. The molecule has 3 aromatic rings. The Kier molecular flexibility index (Phi) is 6.07. The lowest BCUT2D eigenvalue weighted by molar-refractivity contribution is 0.0378. The maximum atomic E-state index is 13.5. The van der Waals surface area contributed by atoms with E-state index in [9.17, 15) is 9.59 Å². The Hall–Kier alpha value is -3.91. The topological polar surface area (TPSA) is 74.4 Å². The van der Waals surface area contributed by atoms with Crippen LogP contribution in [-0.4, -0.2) is 55.9 Å². The fraction of sp³-hybridized carbons (Fsp3) is 0.310. The molecule has 3 aromatic carbocycles. The second kappa shape index (κ2) is 9.44. The molecule has 196 valence electrons. The fourth-order valence-corrected chi connectivity index (χ4v) is 5.85. The van der Waals surface area contributed by atoms with Gasteiger partial charge in [-0.25, -0.2) is 4.79 Å². The van der Waals surface area contributed by atoms with E-state index in [0.717, 1.165) is 30.1 Å². The van der Waals surface area contributed by atoms with Crippen molar-refractivity contribution in [2.45, 2.75) is 25.1 Å². The molecule has 3 amide bonds. The summed E-state index contributed by atoms with van der Waals surface area (Å²) in [5.41, 5.74) is 2.20. The number of benzene rings is 3. The lowest BCUT2D eigenvalue weighted by atomic mass is 9.90. The minimum absolute atomic E-state index is 0.0536. The van der Waals surface area contributed by atoms with Gasteiger partial charge in [0.2, 0.25) is 0 Å². The number of halogens is 1. The minimum atomic E-state index is -0.905. The first-order valence-electron chi connectivity index (χ1n) is 12.7. The number of anilines is 2. The summed E-state index contributed by atoms with van der Waals surface area (Å²) in [4.78, 5) is 32.5. The molecule has 0 radical (unpaired) electrons. The van der Waals surface area contributed by atoms with Crippen molar-refractivity contribution in [1.29, 1.82) is 0 Å². The van der Waals surface area contributed by atoms with Crippen molar-refractivity contribution >= 4 is 34.9 Å². The Morgan fingerprint density at radius 3 is 2.58 bits per heavy atom. The van der Waals surface area contributed by atoms with E-state index in [-0.39, 0.29) is 18.0 Å². The van der Waals surface area contributed by atoms with Crippen LogP contribution in [0.4, 0.5) is 16.2 Å². The van der Waals surface area contributed by atoms with Crippen molar-refractivity contribution in [3.63, 3.8) is 0 Å². The first kappa shape index (κ1) is 24.4. The quantitative estimate of drug-likeness (QED) is 0.507. The van der Waals surface area contributed by atoms with E-state index in [1.165, 1.54) is 0 Å². The Labute approximate surface area is 226 Å². The number of hydrogen-bond donors (Lipinski definition) is 1. The minimum Gasteiger partial charge on any atom is -0.497 e. The number of carbonyl (C=O) groups excluding carboxylic acids is 2. The Bertz CT molecular complexity index is 1410. The maximum Gasteiger partial charge on any atom is 0.325 e. The SMILES string of the molecule is COc1cccc(N2CCN(C(=O)c3cccc(N4C(=O)NC5CC4(C)Oc4ccc(Cl)cc45)c3)CC2)c1. The van der Waals surface area contributed by atoms with E-state index in [2.05, 4.69) is 16.3 Å². The molecule has 0 spiro atoms. The number of fused-ring (bicyclic) bond motifs is 4. The second-order valence-corrected chi connectivity index (χ2v) is 10.5. The van der Waals surface area contributed by atoms with Crippen LogP contribution in [0.1, 0.15) is 35.3 Å². The number of urea groups is 1. The van der Waals surface area contributed by atoms with Crippen molar-refractivity contribution in [3.8, 4) is 11.5 Å². The van der Waals surface area contributed by atoms with Gasteiger partial charge in [-0.1, -0.05) is 23.7 Å². The highest BCUT2D eigenvalue weighted by Gasteiger charge is 2.50. The molecule has 2 fully saturated rings. The molecule has 2 bridgehead atoms. The largest absolute Gasteiger partial charge is 0.497 e. The number of hydrogen-bond acceptors (Lipinski definition) is 5. The summed E-state index contributed by atoms with van der Waals surface area (Å²) < 4.78 is 11.7. The Balaban J connectivity index is 1.20. The predicted molar refractivity (Wildman–Crippen MR) is 146 cm³/mol. The van der Waals surface area contributed by atoms with Crippen LogP contribution in [0.3, 0.4) is 0 Å². The molecule has 2 atom stereocenters. The molecule has 2 unspecified atom stereocenters. The maximum absolute atomic E-state index is 13.5. The molecule has 6 rings (SSSR count). The number of methoxy groups -OCH3 is 1. The van der Waals surface area contributed by atoms with Gasteiger partial charge in [-0.3, -0.25) is 9.69 Å². The number of amides is 3. The lowest BCUT2D eigenvalue weighted by Crippen LogP contribution is -2.65. The molecule has 0 saturated carbocycles. The van der Waals surface area contributed by atoms with Crippen molar-refractivity contribution in [2.24, 2.45) is 0 Å². The van der Waals surface area contributed by atoms with E-state index in [4.69, 9.17) is 21.1 Å². The lowest BCUT2D eigenvalue weighted by Gasteiger charge is -2.50. The summed E-state index contributed by atoms with van der Waals surface area (Å²) >= 11 is 6.19. The molecular weight excluding hydrogens is 504 g/mol. The molecule has 8 nitrogen and oxygen atoms in total. The normalized spacial score (nSPS) is 22.3. The smallest absolute Gasteiger partial charge is 0.325 e.